The molecule has 0 heterocycles. The summed E-state index contributed by atoms with van der Waals surface area (Å²) in [5.41, 5.74) is -4.81. The van der Waals surface area contributed by atoms with E-state index in [1.807, 2.05) is 0 Å². The number of hydrogen-bond acceptors (Lipinski definition) is 2. The molecule has 27 heavy (non-hydrogen) atoms. The lowest BCUT2D eigenvalue weighted by Gasteiger charge is -2.15. The lowest BCUT2D eigenvalue weighted by molar-refractivity contribution is -0.143. The van der Waals surface area contributed by atoms with E-state index >= 15 is 0 Å². The van der Waals surface area contributed by atoms with Gasteiger partial charge in [-0.3, -0.25) is 0 Å². The molecular formula is C14F11NO. The van der Waals surface area contributed by atoms with Crippen LogP contribution in [0.3, 0.4) is 0 Å². The minimum Gasteiger partial charge on any atom is -0.444 e. The van der Waals surface area contributed by atoms with Gasteiger partial charge < -0.3 is 4.74 Å². The third kappa shape index (κ3) is 3.11. The van der Waals surface area contributed by atoms with Crippen molar-refractivity contribution in [2.45, 2.75) is 6.18 Å². The minimum atomic E-state index is -5.91. The van der Waals surface area contributed by atoms with E-state index in [0.29, 0.717) is 0 Å². The van der Waals surface area contributed by atoms with Gasteiger partial charge in [0, 0.05) is 0 Å². The number of hydrogen-bond donors (Lipinski definition) is 0. The number of halogens is 11. The van der Waals surface area contributed by atoms with Crippen LogP contribution in [-0.2, 0) is 6.18 Å². The summed E-state index contributed by atoms with van der Waals surface area (Å²) in [4.78, 5) is 0. The van der Waals surface area contributed by atoms with Crippen LogP contribution in [0.1, 0.15) is 11.1 Å². The molecule has 0 aromatic heterocycles. The second-order valence-electron chi connectivity index (χ2n) is 4.63. The van der Waals surface area contributed by atoms with Gasteiger partial charge in [-0.05, 0) is 0 Å². The zero-order valence-electron chi connectivity index (χ0n) is 12.0. The van der Waals surface area contributed by atoms with Crippen LogP contribution < -0.4 is 4.74 Å². The fourth-order valence-corrected chi connectivity index (χ4v) is 1.85. The maximum atomic E-state index is 13.6. The molecule has 0 N–H and O–H groups in total. The molecule has 0 saturated heterocycles. The van der Waals surface area contributed by atoms with E-state index in [0.717, 1.165) is 6.07 Å². The molecule has 0 aliphatic carbocycles. The number of rotatable bonds is 2. The van der Waals surface area contributed by atoms with Gasteiger partial charge in [0.15, 0.2) is 23.3 Å². The number of nitrogens with zero attached hydrogens (tertiary/aromatic N) is 1. The van der Waals surface area contributed by atoms with E-state index in [1.54, 1.807) is 0 Å². The van der Waals surface area contributed by atoms with Crippen molar-refractivity contribution in [3.63, 3.8) is 0 Å². The fraction of sp³-hybridized carbons (Fsp3) is 0.0714. The van der Waals surface area contributed by atoms with E-state index < -0.39 is 75.3 Å². The molecule has 13 heteroatoms. The molecule has 0 unspecified atom stereocenters. The van der Waals surface area contributed by atoms with Crippen LogP contribution in [0.5, 0.6) is 11.5 Å². The number of ether oxygens (including phenoxy) is 1. The van der Waals surface area contributed by atoms with E-state index in [4.69, 9.17) is 5.26 Å². The number of nitriles is 1. The second kappa shape index (κ2) is 6.60. The highest BCUT2D eigenvalue weighted by atomic mass is 19.4. The maximum Gasteiger partial charge on any atom is 0.422 e. The van der Waals surface area contributed by atoms with Gasteiger partial charge in [0.25, 0.3) is 0 Å². The Morgan fingerprint density at radius 1 is 0.593 bits per heavy atom. The predicted octanol–water partition coefficient (Wildman–Crippen LogP) is 5.48. The molecular weight excluding hydrogens is 407 g/mol. The van der Waals surface area contributed by atoms with Gasteiger partial charge in [0.2, 0.25) is 34.8 Å². The maximum absolute atomic E-state index is 13.6. The first-order valence-electron chi connectivity index (χ1n) is 6.21. The standard InChI is InChI=1S/C14F11NO/c15-4-2(1-26)5(16)9(20)12(8(4)19)27-13-10(21)6(17)3(14(23,24)25)7(18)11(13)22. The molecule has 0 aliphatic rings. The zero-order valence-corrected chi connectivity index (χ0v) is 12.0. The minimum absolute atomic E-state index is 0.723. The van der Waals surface area contributed by atoms with Crippen molar-refractivity contribution in [2.24, 2.45) is 0 Å². The van der Waals surface area contributed by atoms with Crippen LogP contribution in [0.25, 0.3) is 0 Å². The first kappa shape index (κ1) is 20.3. The topological polar surface area (TPSA) is 33.0 Å². The molecule has 0 amide bonds. The molecule has 0 radical (unpaired) electrons. The van der Waals surface area contributed by atoms with Crippen LogP contribution >= 0.6 is 0 Å². The highest BCUT2D eigenvalue weighted by Crippen LogP contribution is 2.42. The van der Waals surface area contributed by atoms with Gasteiger partial charge in [0.05, 0.1) is 0 Å². The van der Waals surface area contributed by atoms with Crippen LogP contribution in [0.4, 0.5) is 48.3 Å². The van der Waals surface area contributed by atoms with Gasteiger partial charge in [-0.15, -0.1) is 0 Å². The molecule has 2 aromatic carbocycles. The molecule has 0 aliphatic heterocycles. The van der Waals surface area contributed by atoms with Crippen molar-refractivity contribution in [1.82, 2.24) is 0 Å². The highest BCUT2D eigenvalue weighted by Gasteiger charge is 2.43. The van der Waals surface area contributed by atoms with E-state index in [1.165, 1.54) is 0 Å². The summed E-state index contributed by atoms with van der Waals surface area (Å²) in [5, 5.41) is 8.37. The molecule has 0 fully saturated rings. The summed E-state index contributed by atoms with van der Waals surface area (Å²) in [6.07, 6.45) is -5.91. The third-order valence-corrected chi connectivity index (χ3v) is 3.05. The lowest BCUT2D eigenvalue weighted by atomic mass is 10.1. The van der Waals surface area contributed by atoms with Gasteiger partial charge in [-0.25, -0.2) is 17.6 Å². The molecule has 0 saturated carbocycles. The normalized spacial score (nSPS) is 11.5. The monoisotopic (exact) mass is 407 g/mol. The molecule has 0 atom stereocenters. The Morgan fingerprint density at radius 3 is 1.22 bits per heavy atom. The summed E-state index contributed by atoms with van der Waals surface area (Å²) < 4.78 is 149. The Hall–Kier alpha value is -3.04. The Morgan fingerprint density at radius 2 is 0.926 bits per heavy atom. The first-order chi connectivity index (χ1) is 12.3. The Bertz CT molecular complexity index is 933. The summed E-state index contributed by atoms with van der Waals surface area (Å²) in [7, 11) is 0. The van der Waals surface area contributed by atoms with E-state index in [2.05, 4.69) is 4.74 Å². The number of alkyl halides is 3. The average Bonchev–Trinajstić information content (AvgIpc) is 2.57. The third-order valence-electron chi connectivity index (χ3n) is 3.05. The lowest BCUT2D eigenvalue weighted by Crippen LogP contribution is -2.16. The van der Waals surface area contributed by atoms with Crippen molar-refractivity contribution >= 4 is 0 Å². The first-order valence-corrected chi connectivity index (χ1v) is 6.21. The molecule has 2 nitrogen and oxygen atoms in total. The van der Waals surface area contributed by atoms with E-state index in [9.17, 15) is 48.3 Å². The Labute approximate surface area is 141 Å². The van der Waals surface area contributed by atoms with Crippen molar-refractivity contribution in [1.29, 1.82) is 5.26 Å². The van der Waals surface area contributed by atoms with Gasteiger partial charge >= 0.3 is 6.18 Å². The van der Waals surface area contributed by atoms with Crippen LogP contribution in [0.2, 0.25) is 0 Å². The van der Waals surface area contributed by atoms with Gasteiger partial charge in [0.1, 0.15) is 17.2 Å². The molecule has 0 spiro atoms. The van der Waals surface area contributed by atoms with Crippen molar-refractivity contribution in [2.75, 3.05) is 0 Å². The molecule has 144 valence electrons. The largest absolute Gasteiger partial charge is 0.444 e. The summed E-state index contributed by atoms with van der Waals surface area (Å²) in [6, 6.07) is 0.723. The highest BCUT2D eigenvalue weighted by molar-refractivity contribution is 5.44. The van der Waals surface area contributed by atoms with Crippen molar-refractivity contribution in [3.05, 3.63) is 57.7 Å². The Balaban J connectivity index is 2.77. The smallest absolute Gasteiger partial charge is 0.422 e. The van der Waals surface area contributed by atoms with E-state index in [-0.39, 0.29) is 0 Å². The second-order valence-corrected chi connectivity index (χ2v) is 4.63. The van der Waals surface area contributed by atoms with Crippen LogP contribution in [0.15, 0.2) is 0 Å². The van der Waals surface area contributed by atoms with Crippen LogP contribution in [0, 0.1) is 57.9 Å². The zero-order chi connectivity index (χ0) is 20.8. The SMILES string of the molecule is N#Cc1c(F)c(F)c(Oc2c(F)c(F)c(C(F)(F)F)c(F)c2F)c(F)c1F. The van der Waals surface area contributed by atoms with Crippen LogP contribution in [-0.4, -0.2) is 0 Å². The Kier molecular flexibility index (Phi) is 4.96. The average molecular weight is 407 g/mol. The summed E-state index contributed by atoms with van der Waals surface area (Å²) >= 11 is 0. The molecule has 2 rings (SSSR count). The molecule has 2 aromatic rings. The number of benzene rings is 2. The fourth-order valence-electron chi connectivity index (χ4n) is 1.85. The van der Waals surface area contributed by atoms with Gasteiger partial charge in [-0.2, -0.15) is 36.0 Å². The summed E-state index contributed by atoms with van der Waals surface area (Å²) in [5.74, 6) is -26.4. The van der Waals surface area contributed by atoms with Gasteiger partial charge in [-0.1, -0.05) is 0 Å². The predicted molar refractivity (Wildman–Crippen MR) is 62.3 cm³/mol. The van der Waals surface area contributed by atoms with Crippen molar-refractivity contribution < 1.29 is 53.0 Å². The summed E-state index contributed by atoms with van der Waals surface area (Å²) in [6.45, 7) is 0. The molecule has 0 bridgehead atoms. The quantitative estimate of drug-likeness (QED) is 0.488. The van der Waals surface area contributed by atoms with Crippen molar-refractivity contribution in [3.8, 4) is 17.6 Å².